The molecule has 2 heterocycles. The summed E-state index contributed by atoms with van der Waals surface area (Å²) in [5, 5.41) is 6.32. The second kappa shape index (κ2) is 6.57. The maximum atomic E-state index is 12.5. The van der Waals surface area contributed by atoms with Gasteiger partial charge in [0.25, 0.3) is 0 Å². The van der Waals surface area contributed by atoms with Crippen LogP contribution in [0.1, 0.15) is 32.3 Å². The number of benzene rings is 1. The van der Waals surface area contributed by atoms with E-state index >= 15 is 0 Å². The van der Waals surface area contributed by atoms with Crippen LogP contribution in [0.3, 0.4) is 0 Å². The van der Waals surface area contributed by atoms with Gasteiger partial charge < -0.3 is 20.1 Å². The summed E-state index contributed by atoms with van der Waals surface area (Å²) >= 11 is 0. The highest BCUT2D eigenvalue weighted by Crippen LogP contribution is 2.38. The predicted molar refractivity (Wildman–Crippen MR) is 85.6 cm³/mol. The van der Waals surface area contributed by atoms with Gasteiger partial charge in [-0.05, 0) is 45.8 Å². The molecule has 1 aromatic rings. The van der Waals surface area contributed by atoms with Gasteiger partial charge in [-0.1, -0.05) is 0 Å². The van der Waals surface area contributed by atoms with Gasteiger partial charge in [0.05, 0.1) is 12.3 Å². The highest BCUT2D eigenvalue weighted by molar-refractivity contribution is 5.94. The van der Waals surface area contributed by atoms with E-state index in [-0.39, 0.29) is 17.9 Å². The number of amides is 1. The van der Waals surface area contributed by atoms with E-state index in [4.69, 9.17) is 9.47 Å². The molecular weight excluding hydrogens is 280 g/mol. The molecule has 5 nitrogen and oxygen atoms in total. The topological polar surface area (TPSA) is 59.6 Å². The lowest BCUT2D eigenvalue weighted by Gasteiger charge is -2.22. The van der Waals surface area contributed by atoms with Gasteiger partial charge >= 0.3 is 0 Å². The maximum Gasteiger partial charge on any atom is 0.227 e. The number of hydrogen-bond acceptors (Lipinski definition) is 4. The van der Waals surface area contributed by atoms with Gasteiger partial charge in [0.15, 0.2) is 0 Å². The molecular formula is C17H24N2O3. The quantitative estimate of drug-likeness (QED) is 0.896. The van der Waals surface area contributed by atoms with Gasteiger partial charge in [-0.15, -0.1) is 0 Å². The van der Waals surface area contributed by atoms with Gasteiger partial charge in [0.1, 0.15) is 17.6 Å². The summed E-state index contributed by atoms with van der Waals surface area (Å²) in [5.74, 6) is 1.75. The Kier molecular flexibility index (Phi) is 4.52. The fraction of sp³-hybridized carbons (Fsp3) is 0.588. The number of nitrogens with one attached hydrogen (secondary N) is 2. The molecule has 0 aliphatic carbocycles. The van der Waals surface area contributed by atoms with Crippen molar-refractivity contribution in [1.82, 2.24) is 5.32 Å². The van der Waals surface area contributed by atoms with E-state index in [9.17, 15) is 4.79 Å². The lowest BCUT2D eigenvalue weighted by molar-refractivity contribution is -0.120. The highest BCUT2D eigenvalue weighted by atomic mass is 16.5. The first kappa shape index (κ1) is 15.2. The number of ether oxygens (including phenoxy) is 2. The van der Waals surface area contributed by atoms with E-state index in [2.05, 4.69) is 10.6 Å². The standard InChI is InChI=1S/C17H24N2O3/c1-3-21-16-9-13-8-11(2)22-15(13)10-14(16)19-17(20)12-4-6-18-7-5-12/h9-12,18H,3-8H2,1-2H3,(H,19,20). The number of anilines is 1. The summed E-state index contributed by atoms with van der Waals surface area (Å²) in [6.45, 7) is 6.38. The van der Waals surface area contributed by atoms with Crippen molar-refractivity contribution >= 4 is 11.6 Å². The van der Waals surface area contributed by atoms with Crippen LogP contribution in [0.4, 0.5) is 5.69 Å². The van der Waals surface area contributed by atoms with Gasteiger partial charge in [-0.25, -0.2) is 0 Å². The number of carbonyl (C=O) groups excluding carboxylic acids is 1. The van der Waals surface area contributed by atoms with Crippen LogP contribution in [0, 0.1) is 5.92 Å². The second-order valence-corrected chi connectivity index (χ2v) is 6.04. The zero-order valence-electron chi connectivity index (χ0n) is 13.3. The Labute approximate surface area is 131 Å². The third-order valence-electron chi connectivity index (χ3n) is 4.27. The van der Waals surface area contributed by atoms with Gasteiger partial charge in [-0.3, -0.25) is 4.79 Å². The average Bonchev–Trinajstić information content (AvgIpc) is 2.87. The van der Waals surface area contributed by atoms with Crippen molar-refractivity contribution in [2.24, 2.45) is 5.92 Å². The molecule has 0 radical (unpaired) electrons. The third kappa shape index (κ3) is 3.19. The molecule has 5 heteroatoms. The Hall–Kier alpha value is -1.75. The van der Waals surface area contributed by atoms with E-state index in [1.54, 1.807) is 0 Å². The summed E-state index contributed by atoms with van der Waals surface area (Å²) < 4.78 is 11.5. The van der Waals surface area contributed by atoms with Crippen molar-refractivity contribution in [3.8, 4) is 11.5 Å². The Bertz CT molecular complexity index is 553. The molecule has 1 fully saturated rings. The zero-order valence-corrected chi connectivity index (χ0v) is 13.3. The number of carbonyl (C=O) groups is 1. The molecule has 2 aliphatic rings. The Morgan fingerprint density at radius 2 is 2.18 bits per heavy atom. The van der Waals surface area contributed by atoms with E-state index in [0.29, 0.717) is 6.61 Å². The number of fused-ring (bicyclic) bond motifs is 1. The molecule has 0 saturated carbocycles. The SMILES string of the molecule is CCOc1cc2c(cc1NC(=O)C1CCNCC1)OC(C)C2. The molecule has 0 bridgehead atoms. The van der Waals surface area contributed by atoms with Crippen molar-refractivity contribution in [3.05, 3.63) is 17.7 Å². The van der Waals surface area contributed by atoms with Crippen LogP contribution < -0.4 is 20.1 Å². The molecule has 22 heavy (non-hydrogen) atoms. The molecule has 1 atom stereocenters. The van der Waals surface area contributed by atoms with Gasteiger partial charge in [-0.2, -0.15) is 0 Å². The minimum atomic E-state index is 0.0730. The van der Waals surface area contributed by atoms with Crippen LogP contribution in [0.25, 0.3) is 0 Å². The van der Waals surface area contributed by atoms with E-state index < -0.39 is 0 Å². The molecule has 3 rings (SSSR count). The lowest BCUT2D eigenvalue weighted by Crippen LogP contribution is -2.34. The van der Waals surface area contributed by atoms with Gasteiger partial charge in [0, 0.05) is 24.0 Å². The molecule has 0 spiro atoms. The first-order chi connectivity index (χ1) is 10.7. The molecule has 1 amide bonds. The summed E-state index contributed by atoms with van der Waals surface area (Å²) in [6.07, 6.45) is 2.83. The smallest absolute Gasteiger partial charge is 0.227 e. The van der Waals surface area contributed by atoms with Crippen molar-refractivity contribution in [3.63, 3.8) is 0 Å². The Balaban J connectivity index is 1.79. The largest absolute Gasteiger partial charge is 0.492 e. The summed E-state index contributed by atoms with van der Waals surface area (Å²) in [6, 6.07) is 3.91. The Morgan fingerprint density at radius 3 is 2.91 bits per heavy atom. The minimum absolute atomic E-state index is 0.0730. The molecule has 120 valence electrons. The lowest BCUT2D eigenvalue weighted by atomic mass is 9.97. The Morgan fingerprint density at radius 1 is 1.41 bits per heavy atom. The number of hydrogen-bond donors (Lipinski definition) is 2. The van der Waals surface area contributed by atoms with E-state index in [0.717, 1.165) is 55.1 Å². The molecule has 1 unspecified atom stereocenters. The van der Waals surface area contributed by atoms with E-state index in [1.807, 2.05) is 26.0 Å². The van der Waals surface area contributed by atoms with Crippen LogP contribution in [0.5, 0.6) is 11.5 Å². The van der Waals surface area contributed by atoms with Crippen molar-refractivity contribution in [2.45, 2.75) is 39.2 Å². The fourth-order valence-electron chi connectivity index (χ4n) is 3.13. The van der Waals surface area contributed by atoms with E-state index in [1.165, 1.54) is 0 Å². The number of rotatable bonds is 4. The highest BCUT2D eigenvalue weighted by Gasteiger charge is 2.25. The first-order valence-corrected chi connectivity index (χ1v) is 8.15. The van der Waals surface area contributed by atoms with Crippen molar-refractivity contribution in [2.75, 3.05) is 25.0 Å². The molecule has 2 N–H and O–H groups in total. The third-order valence-corrected chi connectivity index (χ3v) is 4.27. The first-order valence-electron chi connectivity index (χ1n) is 8.15. The van der Waals surface area contributed by atoms with Crippen LogP contribution in [-0.2, 0) is 11.2 Å². The summed E-state index contributed by atoms with van der Waals surface area (Å²) in [4.78, 5) is 12.5. The molecule has 2 aliphatic heterocycles. The monoisotopic (exact) mass is 304 g/mol. The van der Waals surface area contributed by atoms with Crippen LogP contribution in [-0.4, -0.2) is 31.7 Å². The minimum Gasteiger partial charge on any atom is -0.492 e. The summed E-state index contributed by atoms with van der Waals surface area (Å²) in [5.41, 5.74) is 1.87. The maximum absolute atomic E-state index is 12.5. The van der Waals surface area contributed by atoms with Gasteiger partial charge in [0.2, 0.25) is 5.91 Å². The second-order valence-electron chi connectivity index (χ2n) is 6.04. The average molecular weight is 304 g/mol. The summed E-state index contributed by atoms with van der Waals surface area (Å²) in [7, 11) is 0. The molecule has 1 aromatic carbocycles. The normalized spacial score (nSPS) is 21.1. The molecule has 0 aromatic heterocycles. The predicted octanol–water partition coefficient (Wildman–Crippen LogP) is 2.35. The van der Waals surface area contributed by atoms with Crippen LogP contribution >= 0.6 is 0 Å². The fourth-order valence-corrected chi connectivity index (χ4v) is 3.13. The van der Waals surface area contributed by atoms with Crippen LogP contribution in [0.2, 0.25) is 0 Å². The number of piperidine rings is 1. The van der Waals surface area contributed by atoms with Crippen molar-refractivity contribution in [1.29, 1.82) is 0 Å². The van der Waals surface area contributed by atoms with Crippen LogP contribution in [0.15, 0.2) is 12.1 Å². The van der Waals surface area contributed by atoms with Crippen molar-refractivity contribution < 1.29 is 14.3 Å². The molecule has 1 saturated heterocycles. The zero-order chi connectivity index (χ0) is 15.5.